The number of thiocarbonyl (C=S) groups is 1. The van der Waals surface area contributed by atoms with Crippen molar-refractivity contribution in [2.45, 2.75) is 33.2 Å². The van der Waals surface area contributed by atoms with E-state index in [1.54, 1.807) is 0 Å². The lowest BCUT2D eigenvalue weighted by molar-refractivity contribution is -0.895. The second-order valence-corrected chi connectivity index (χ2v) is 6.96. The second-order valence-electron chi connectivity index (χ2n) is 6.58. The number of rotatable bonds is 5. The van der Waals surface area contributed by atoms with E-state index in [1.807, 2.05) is 18.2 Å². The predicted octanol–water partition coefficient (Wildman–Crippen LogP) is 0.671. The molecule has 1 aromatic rings. The first-order valence-corrected chi connectivity index (χ1v) is 9.17. The average Bonchev–Trinajstić information content (AvgIpc) is 2.55. The van der Waals surface area contributed by atoms with Crippen LogP contribution < -0.4 is 15.5 Å². The minimum absolute atomic E-state index is 0.0854. The molecule has 0 atom stereocenters. The molecule has 1 fully saturated rings. The van der Waals surface area contributed by atoms with Crippen LogP contribution in [0.2, 0.25) is 0 Å². The molecule has 1 amide bonds. The van der Waals surface area contributed by atoms with Gasteiger partial charge in [0.1, 0.15) is 0 Å². The van der Waals surface area contributed by atoms with Crippen LogP contribution in [0.25, 0.3) is 0 Å². The number of carbonyl (C=O) groups excluding carboxylic acids is 1. The highest BCUT2D eigenvalue weighted by atomic mass is 32.1. The minimum Gasteiger partial charge on any atom is -0.360 e. The molecule has 1 aliphatic rings. The summed E-state index contributed by atoms with van der Waals surface area (Å²) in [4.78, 5) is 15.8. The summed E-state index contributed by atoms with van der Waals surface area (Å²) in [7, 11) is 0. The van der Waals surface area contributed by atoms with Crippen LogP contribution in [0.15, 0.2) is 24.3 Å². The van der Waals surface area contributed by atoms with Crippen molar-refractivity contribution in [3.63, 3.8) is 0 Å². The van der Waals surface area contributed by atoms with Crippen LogP contribution in [0.3, 0.4) is 0 Å². The van der Waals surface area contributed by atoms with Gasteiger partial charge in [-0.05, 0) is 44.1 Å². The van der Waals surface area contributed by atoms with Gasteiger partial charge in [-0.3, -0.25) is 4.79 Å². The van der Waals surface area contributed by atoms with E-state index in [9.17, 15) is 4.79 Å². The Labute approximate surface area is 150 Å². The van der Waals surface area contributed by atoms with Crippen molar-refractivity contribution in [1.82, 2.24) is 10.2 Å². The summed E-state index contributed by atoms with van der Waals surface area (Å²) < 4.78 is 0. The van der Waals surface area contributed by atoms with Crippen molar-refractivity contribution in [3.05, 3.63) is 29.8 Å². The van der Waals surface area contributed by atoms with Gasteiger partial charge in [-0.15, -0.1) is 0 Å². The number of quaternary nitrogens is 1. The summed E-state index contributed by atoms with van der Waals surface area (Å²) >= 11 is 5.42. The van der Waals surface area contributed by atoms with E-state index < -0.39 is 0 Å². The molecule has 6 heteroatoms. The van der Waals surface area contributed by atoms with Gasteiger partial charge in [0.05, 0.1) is 26.2 Å². The van der Waals surface area contributed by atoms with Crippen LogP contribution in [0.4, 0.5) is 5.69 Å². The fourth-order valence-electron chi connectivity index (χ4n) is 2.91. The summed E-state index contributed by atoms with van der Waals surface area (Å²) in [6.45, 7) is 10.4. The lowest BCUT2D eigenvalue weighted by Crippen LogP contribution is -3.15. The molecule has 2 rings (SSSR count). The van der Waals surface area contributed by atoms with E-state index in [0.29, 0.717) is 12.6 Å². The molecule has 3 N–H and O–H groups in total. The molecule has 24 heavy (non-hydrogen) atoms. The van der Waals surface area contributed by atoms with Crippen molar-refractivity contribution in [1.29, 1.82) is 0 Å². The van der Waals surface area contributed by atoms with Gasteiger partial charge in [0.25, 0.3) is 5.91 Å². The molecule has 0 aromatic heterocycles. The Bertz CT molecular complexity index is 568. The fraction of sp³-hybridized carbons (Fsp3) is 0.556. The lowest BCUT2D eigenvalue weighted by Gasteiger charge is -2.34. The minimum atomic E-state index is 0.0854. The normalized spacial score (nSPS) is 15.4. The average molecular weight is 350 g/mol. The van der Waals surface area contributed by atoms with E-state index in [0.717, 1.165) is 43.4 Å². The first-order chi connectivity index (χ1) is 11.5. The Kier molecular flexibility index (Phi) is 6.99. The van der Waals surface area contributed by atoms with Gasteiger partial charge in [0.2, 0.25) is 0 Å². The highest BCUT2D eigenvalue weighted by Gasteiger charge is 2.23. The van der Waals surface area contributed by atoms with E-state index >= 15 is 0 Å². The topological polar surface area (TPSA) is 48.8 Å². The Morgan fingerprint density at radius 2 is 1.96 bits per heavy atom. The summed E-state index contributed by atoms with van der Waals surface area (Å²) in [6, 6.07) is 8.35. The van der Waals surface area contributed by atoms with E-state index in [1.165, 1.54) is 10.5 Å². The highest BCUT2D eigenvalue weighted by molar-refractivity contribution is 7.80. The van der Waals surface area contributed by atoms with Gasteiger partial charge in [-0.25, -0.2) is 0 Å². The van der Waals surface area contributed by atoms with Crippen LogP contribution in [0.5, 0.6) is 0 Å². The smallest absolute Gasteiger partial charge is 0.279 e. The zero-order valence-electron chi connectivity index (χ0n) is 14.9. The van der Waals surface area contributed by atoms with Crippen molar-refractivity contribution >= 4 is 28.9 Å². The van der Waals surface area contributed by atoms with E-state index in [2.05, 4.69) is 42.4 Å². The third kappa shape index (κ3) is 5.46. The third-order valence-electron chi connectivity index (χ3n) is 4.25. The zero-order valence-corrected chi connectivity index (χ0v) is 15.7. The fourth-order valence-corrected chi connectivity index (χ4v) is 3.33. The summed E-state index contributed by atoms with van der Waals surface area (Å²) in [6.07, 6.45) is 0.919. The Morgan fingerprint density at radius 1 is 1.29 bits per heavy atom. The number of nitrogens with zero attached hydrogens (tertiary/aromatic N) is 1. The number of amides is 1. The Morgan fingerprint density at radius 3 is 2.58 bits per heavy atom. The Hall–Kier alpha value is -1.66. The van der Waals surface area contributed by atoms with Crippen molar-refractivity contribution < 1.29 is 9.69 Å². The van der Waals surface area contributed by atoms with Gasteiger partial charge in [0, 0.05) is 11.7 Å². The Balaban J connectivity index is 1.79. The third-order valence-corrected chi connectivity index (χ3v) is 4.63. The molecule has 0 aliphatic carbocycles. The molecular weight excluding hydrogens is 320 g/mol. The standard InChI is InChI=1S/C18H28N4OS/c1-4-15-7-5-6-8-16(15)20-17(23)13-21-9-11-22(12-10-21)18(24)19-14(2)3/h5-8,14H,4,9-13H2,1-3H3,(H,19,24)(H,20,23)/p+1. The number of piperazine rings is 1. The van der Waals surface area contributed by atoms with Gasteiger partial charge in [-0.1, -0.05) is 25.1 Å². The first kappa shape index (κ1) is 18.7. The zero-order chi connectivity index (χ0) is 17.5. The molecule has 1 aliphatic heterocycles. The molecule has 0 spiro atoms. The lowest BCUT2D eigenvalue weighted by atomic mass is 10.1. The number of para-hydroxylation sites is 1. The maximum atomic E-state index is 12.3. The number of carbonyl (C=O) groups is 1. The number of hydrogen-bond donors (Lipinski definition) is 3. The van der Waals surface area contributed by atoms with E-state index in [4.69, 9.17) is 12.2 Å². The second kappa shape index (κ2) is 8.99. The van der Waals surface area contributed by atoms with Crippen LogP contribution in [0, 0.1) is 0 Å². The molecule has 1 aromatic carbocycles. The highest BCUT2D eigenvalue weighted by Crippen LogP contribution is 2.14. The molecule has 0 bridgehead atoms. The van der Waals surface area contributed by atoms with Gasteiger partial charge in [-0.2, -0.15) is 0 Å². The van der Waals surface area contributed by atoms with Crippen LogP contribution in [0.1, 0.15) is 26.3 Å². The monoisotopic (exact) mass is 349 g/mol. The van der Waals surface area contributed by atoms with Gasteiger partial charge < -0.3 is 20.4 Å². The summed E-state index contributed by atoms with van der Waals surface area (Å²) in [5.74, 6) is 0.0854. The van der Waals surface area contributed by atoms with Crippen molar-refractivity contribution in [2.75, 3.05) is 38.0 Å². The number of nitrogens with one attached hydrogen (secondary N) is 3. The molecule has 1 saturated heterocycles. The number of aryl methyl sites for hydroxylation is 1. The predicted molar refractivity (Wildman–Crippen MR) is 102 cm³/mol. The number of anilines is 1. The van der Waals surface area contributed by atoms with Crippen LogP contribution in [-0.2, 0) is 11.2 Å². The molecular formula is C18H29N4OS+. The summed E-state index contributed by atoms with van der Waals surface area (Å²) in [5.41, 5.74) is 2.11. The number of hydrogen-bond acceptors (Lipinski definition) is 2. The largest absolute Gasteiger partial charge is 0.360 e. The quantitative estimate of drug-likeness (QED) is 0.684. The molecule has 0 radical (unpaired) electrons. The van der Waals surface area contributed by atoms with Gasteiger partial charge >= 0.3 is 0 Å². The van der Waals surface area contributed by atoms with Crippen LogP contribution >= 0.6 is 12.2 Å². The molecule has 0 saturated carbocycles. The first-order valence-electron chi connectivity index (χ1n) is 8.76. The van der Waals surface area contributed by atoms with Crippen molar-refractivity contribution in [3.8, 4) is 0 Å². The van der Waals surface area contributed by atoms with Crippen molar-refractivity contribution in [2.24, 2.45) is 0 Å². The maximum Gasteiger partial charge on any atom is 0.279 e. The molecule has 132 valence electrons. The molecule has 0 unspecified atom stereocenters. The maximum absolute atomic E-state index is 12.3. The molecule has 5 nitrogen and oxygen atoms in total. The molecule has 1 heterocycles. The number of benzene rings is 1. The van der Waals surface area contributed by atoms with Crippen LogP contribution in [-0.4, -0.2) is 54.7 Å². The van der Waals surface area contributed by atoms with E-state index in [-0.39, 0.29) is 5.91 Å². The SMILES string of the molecule is CCc1ccccc1NC(=O)C[NH+]1CCN(C(=S)NC(C)C)CC1. The van der Waals surface area contributed by atoms with Gasteiger partial charge in [0.15, 0.2) is 11.7 Å². The summed E-state index contributed by atoms with van der Waals surface area (Å²) in [5, 5.41) is 7.16.